The molecule has 0 amide bonds. The van der Waals surface area contributed by atoms with Crippen LogP contribution in [0.2, 0.25) is 5.31 Å². The van der Waals surface area contributed by atoms with Crippen molar-refractivity contribution in [3.63, 3.8) is 0 Å². The van der Waals surface area contributed by atoms with Crippen molar-refractivity contribution in [2.24, 2.45) is 40.4 Å². The molecule has 7 unspecified atom stereocenters. The zero-order valence-corrected chi connectivity index (χ0v) is 7.79. The summed E-state index contributed by atoms with van der Waals surface area (Å²) in [5.74, 6) is 5.60. The van der Waals surface area contributed by atoms with E-state index < -0.39 is 0 Å². The summed E-state index contributed by atoms with van der Waals surface area (Å²) in [4.78, 5) is 0. The van der Waals surface area contributed by atoms with Crippen molar-refractivity contribution >= 4 is 7.85 Å². The summed E-state index contributed by atoms with van der Waals surface area (Å²) in [6.07, 6.45) is 6.11. The number of rotatable bonds is 0. The second kappa shape index (κ2) is 1.08. The lowest BCUT2D eigenvalue weighted by Gasteiger charge is -3.09. The fourth-order valence-electron chi connectivity index (χ4n) is 8.11. The Balaban J connectivity index is 1.69. The summed E-state index contributed by atoms with van der Waals surface area (Å²) in [6, 6.07) is 0. The lowest BCUT2D eigenvalue weighted by Crippen LogP contribution is -3.03. The highest BCUT2D eigenvalue weighted by molar-refractivity contribution is 6.19. The summed E-state index contributed by atoms with van der Waals surface area (Å²) < 4.78 is 0. The molecule has 0 N–H and O–H groups in total. The third-order valence-corrected chi connectivity index (χ3v) is 7.87. The van der Waals surface area contributed by atoms with E-state index in [1.54, 1.807) is 12.8 Å². The van der Waals surface area contributed by atoms with E-state index in [-0.39, 0.29) is 0 Å². The lowest BCUT2D eigenvalue weighted by atomic mass is 8.92. The van der Waals surface area contributed by atoms with Crippen molar-refractivity contribution in [1.82, 2.24) is 0 Å². The molecule has 2 radical (unpaired) electrons. The normalized spacial score (nSPS) is 93.4. The van der Waals surface area contributed by atoms with E-state index >= 15 is 0 Å². The van der Waals surface area contributed by atoms with E-state index in [0.29, 0.717) is 5.31 Å². The van der Waals surface area contributed by atoms with Gasteiger partial charge in [-0.3, -0.25) is 0 Å². The molecular weight excluding hydrogens is 155 g/mol. The first-order chi connectivity index (χ1) is 6.28. The monoisotopic (exact) mass is 168 g/mol. The molecule has 6 fully saturated rings. The molecule has 13 heavy (non-hydrogen) atoms. The largest absolute Gasteiger partial charge is 0.0758 e. The Morgan fingerprint density at radius 1 is 1.00 bits per heavy atom. The lowest BCUT2D eigenvalue weighted by molar-refractivity contribution is -0.579. The number of fused-ring (bicyclic) bond motifs is 2. The Bertz CT molecular complexity index is 391. The van der Waals surface area contributed by atoms with Gasteiger partial charge < -0.3 is 0 Å². The van der Waals surface area contributed by atoms with Gasteiger partial charge in [0, 0.05) is 0 Å². The van der Waals surface area contributed by atoms with E-state index in [4.69, 9.17) is 7.85 Å². The minimum absolute atomic E-state index is 0.397. The van der Waals surface area contributed by atoms with E-state index in [1.165, 1.54) is 24.7 Å². The first-order valence-corrected chi connectivity index (χ1v) is 6.07. The standard InChI is InChI=1S/C12H13B/c13-10-4-6-2-8-7-1-5-3-9(10)11(5,7)12(6,8)10/h5-9H,1-4H2/t5?,6?,7?,8?,9?,10-,11?,12?/m1/s1. The van der Waals surface area contributed by atoms with Crippen LogP contribution in [0.4, 0.5) is 0 Å². The fraction of sp³-hybridized carbons (Fsp3) is 1.00. The quantitative estimate of drug-likeness (QED) is 0.485. The maximum Gasteiger partial charge on any atom is 0.0758 e. The van der Waals surface area contributed by atoms with Gasteiger partial charge in [-0.05, 0) is 59.7 Å². The van der Waals surface area contributed by atoms with Crippen LogP contribution in [0.15, 0.2) is 0 Å². The molecule has 0 aromatic rings. The average molecular weight is 168 g/mol. The average Bonchev–Trinajstić information content (AvgIpc) is 2.05. The minimum Gasteiger partial charge on any atom is -0.0558 e. The van der Waals surface area contributed by atoms with Gasteiger partial charge in [-0.15, -0.1) is 0 Å². The van der Waals surface area contributed by atoms with Crippen molar-refractivity contribution in [3.05, 3.63) is 0 Å². The van der Waals surface area contributed by atoms with Crippen LogP contribution in [0.1, 0.15) is 25.7 Å². The number of hydrogen-bond donors (Lipinski definition) is 0. The molecule has 0 aromatic heterocycles. The highest BCUT2D eigenvalue weighted by Gasteiger charge is 3.04. The Hall–Kier alpha value is 0.0649. The predicted molar refractivity (Wildman–Crippen MR) is 49.2 cm³/mol. The molecule has 64 valence electrons. The molecule has 0 aromatic carbocycles. The molecule has 6 saturated carbocycles. The van der Waals surface area contributed by atoms with Gasteiger partial charge in [0.1, 0.15) is 0 Å². The Kier molecular flexibility index (Phi) is 0.482. The van der Waals surface area contributed by atoms with Crippen molar-refractivity contribution in [2.45, 2.75) is 31.0 Å². The third kappa shape index (κ3) is 0.217. The van der Waals surface area contributed by atoms with Crippen molar-refractivity contribution in [3.8, 4) is 0 Å². The van der Waals surface area contributed by atoms with E-state index in [0.717, 1.165) is 28.6 Å². The molecule has 0 saturated heterocycles. The smallest absolute Gasteiger partial charge is 0.0558 e. The molecule has 0 heterocycles. The third-order valence-electron chi connectivity index (χ3n) is 7.87. The van der Waals surface area contributed by atoms with Crippen LogP contribution in [-0.4, -0.2) is 7.85 Å². The first kappa shape index (κ1) is 5.83. The van der Waals surface area contributed by atoms with Crippen molar-refractivity contribution in [1.29, 1.82) is 0 Å². The first-order valence-electron chi connectivity index (χ1n) is 6.07. The van der Waals surface area contributed by atoms with Gasteiger partial charge in [0.2, 0.25) is 0 Å². The van der Waals surface area contributed by atoms with Gasteiger partial charge >= 0.3 is 0 Å². The second-order valence-electron chi connectivity index (χ2n) is 6.91. The van der Waals surface area contributed by atoms with Crippen LogP contribution in [0.5, 0.6) is 0 Å². The van der Waals surface area contributed by atoms with Crippen LogP contribution < -0.4 is 0 Å². The maximum absolute atomic E-state index is 6.61. The zero-order chi connectivity index (χ0) is 8.22. The van der Waals surface area contributed by atoms with Gasteiger partial charge in [-0.2, -0.15) is 0 Å². The van der Waals surface area contributed by atoms with E-state index in [2.05, 4.69) is 0 Å². The molecule has 6 rings (SSSR count). The SMILES string of the molecule is [B][C@]12CC3CC4C5CC6CC1C65C342. The summed E-state index contributed by atoms with van der Waals surface area (Å²) in [6.45, 7) is 0. The van der Waals surface area contributed by atoms with Crippen molar-refractivity contribution < 1.29 is 0 Å². The van der Waals surface area contributed by atoms with Gasteiger partial charge in [0.05, 0.1) is 7.85 Å². The van der Waals surface area contributed by atoms with E-state index in [1.807, 2.05) is 0 Å². The van der Waals surface area contributed by atoms with Crippen LogP contribution >= 0.6 is 0 Å². The molecule has 6 aliphatic rings. The highest BCUT2D eigenvalue weighted by Crippen LogP contribution is 3.11. The molecule has 2 spiro atoms. The highest BCUT2D eigenvalue weighted by atomic mass is 15.1. The Morgan fingerprint density at radius 3 is 2.54 bits per heavy atom. The molecule has 1 heteroatoms. The Morgan fingerprint density at radius 2 is 1.85 bits per heavy atom. The Labute approximate surface area is 79.9 Å². The van der Waals surface area contributed by atoms with Gasteiger partial charge in [0.25, 0.3) is 0 Å². The predicted octanol–water partition coefficient (Wildman–Crippen LogP) is 2.01. The topological polar surface area (TPSA) is 0 Å². The summed E-state index contributed by atoms with van der Waals surface area (Å²) in [5.41, 5.74) is 1.70. The van der Waals surface area contributed by atoms with Crippen LogP contribution in [0.3, 0.4) is 0 Å². The number of hydrogen-bond acceptors (Lipinski definition) is 0. The molecular formula is C12H13B. The molecule has 6 aliphatic carbocycles. The maximum atomic E-state index is 6.61. The molecule has 0 aliphatic heterocycles. The van der Waals surface area contributed by atoms with Crippen LogP contribution in [-0.2, 0) is 0 Å². The zero-order valence-electron chi connectivity index (χ0n) is 7.79. The molecule has 0 bridgehead atoms. The van der Waals surface area contributed by atoms with Gasteiger partial charge in [-0.1, -0.05) is 11.7 Å². The minimum atomic E-state index is 0.397. The van der Waals surface area contributed by atoms with Crippen LogP contribution in [0, 0.1) is 40.4 Å². The second-order valence-corrected chi connectivity index (χ2v) is 6.91. The molecule has 0 nitrogen and oxygen atoms in total. The summed E-state index contributed by atoms with van der Waals surface area (Å²) >= 11 is 0. The van der Waals surface area contributed by atoms with Crippen molar-refractivity contribution in [2.75, 3.05) is 0 Å². The summed E-state index contributed by atoms with van der Waals surface area (Å²) in [7, 11) is 6.61. The van der Waals surface area contributed by atoms with Crippen LogP contribution in [0.25, 0.3) is 0 Å². The summed E-state index contributed by atoms with van der Waals surface area (Å²) in [5, 5.41) is 0.397. The van der Waals surface area contributed by atoms with Gasteiger partial charge in [-0.25, -0.2) is 0 Å². The van der Waals surface area contributed by atoms with Gasteiger partial charge in [0.15, 0.2) is 0 Å². The molecule has 8 atom stereocenters. The van der Waals surface area contributed by atoms with E-state index in [9.17, 15) is 0 Å². The fourth-order valence-corrected chi connectivity index (χ4v) is 8.11.